The minimum atomic E-state index is -4.56. The molecule has 0 amide bonds. The van der Waals surface area contributed by atoms with Gasteiger partial charge in [-0.25, -0.2) is 0 Å². The standard InChI is InChI=1S/C7H16F3N3O2S/c1-2-13(5-3-4-11)16(14,15)12-6-7(8,9)10/h12H,2-6,11H2,1H3. The van der Waals surface area contributed by atoms with Crippen molar-refractivity contribution in [3.63, 3.8) is 0 Å². The van der Waals surface area contributed by atoms with Crippen molar-refractivity contribution >= 4 is 10.2 Å². The molecule has 0 unspecified atom stereocenters. The molecule has 0 heterocycles. The van der Waals surface area contributed by atoms with Crippen molar-refractivity contribution < 1.29 is 21.6 Å². The van der Waals surface area contributed by atoms with Gasteiger partial charge in [0.05, 0.1) is 0 Å². The molecule has 0 bridgehead atoms. The molecule has 5 nitrogen and oxygen atoms in total. The molecule has 0 aliphatic carbocycles. The number of hydrogen-bond donors (Lipinski definition) is 2. The maximum atomic E-state index is 11.8. The minimum Gasteiger partial charge on any atom is -0.330 e. The fourth-order valence-electron chi connectivity index (χ4n) is 0.980. The van der Waals surface area contributed by atoms with Crippen molar-refractivity contribution in [1.29, 1.82) is 0 Å². The average Bonchev–Trinajstić information content (AvgIpc) is 2.15. The highest BCUT2D eigenvalue weighted by atomic mass is 32.2. The molecule has 0 saturated carbocycles. The summed E-state index contributed by atoms with van der Waals surface area (Å²) in [5.41, 5.74) is 5.20. The summed E-state index contributed by atoms with van der Waals surface area (Å²) in [5.74, 6) is 0. The van der Waals surface area contributed by atoms with Crippen LogP contribution in [0.1, 0.15) is 13.3 Å². The Bertz CT molecular complexity index is 292. The Morgan fingerprint density at radius 1 is 1.38 bits per heavy atom. The molecule has 0 spiro atoms. The predicted octanol–water partition coefficient (Wildman–Crippen LogP) is 0.0538. The predicted molar refractivity (Wildman–Crippen MR) is 53.9 cm³/mol. The highest BCUT2D eigenvalue weighted by Gasteiger charge is 2.31. The fourth-order valence-corrected chi connectivity index (χ4v) is 2.22. The SMILES string of the molecule is CCN(CCCN)S(=O)(=O)NCC(F)(F)F. The van der Waals surface area contributed by atoms with Gasteiger partial charge in [-0.3, -0.25) is 0 Å². The number of nitrogens with two attached hydrogens (primary N) is 1. The van der Waals surface area contributed by atoms with Gasteiger partial charge in [-0.1, -0.05) is 6.92 Å². The molecule has 0 aromatic rings. The lowest BCUT2D eigenvalue weighted by Gasteiger charge is -2.20. The molecule has 0 fully saturated rings. The summed E-state index contributed by atoms with van der Waals surface area (Å²) < 4.78 is 60.7. The molecule has 0 aromatic heterocycles. The monoisotopic (exact) mass is 263 g/mol. The summed E-state index contributed by atoms with van der Waals surface area (Å²) in [7, 11) is -4.07. The zero-order chi connectivity index (χ0) is 12.8. The van der Waals surface area contributed by atoms with Crippen LogP contribution in [0.4, 0.5) is 13.2 Å². The second-order valence-electron chi connectivity index (χ2n) is 3.08. The molecule has 0 atom stereocenters. The van der Waals surface area contributed by atoms with E-state index < -0.39 is 22.9 Å². The van der Waals surface area contributed by atoms with Gasteiger partial charge in [-0.05, 0) is 13.0 Å². The van der Waals surface area contributed by atoms with Crippen molar-refractivity contribution in [2.75, 3.05) is 26.2 Å². The van der Waals surface area contributed by atoms with Crippen LogP contribution in [-0.2, 0) is 10.2 Å². The molecule has 98 valence electrons. The first-order valence-electron chi connectivity index (χ1n) is 4.74. The Balaban J connectivity index is 4.38. The van der Waals surface area contributed by atoms with Gasteiger partial charge in [0.15, 0.2) is 0 Å². The van der Waals surface area contributed by atoms with E-state index in [0.717, 1.165) is 4.31 Å². The summed E-state index contributed by atoms with van der Waals surface area (Å²) in [4.78, 5) is 0. The molecule has 0 aromatic carbocycles. The van der Waals surface area contributed by atoms with Gasteiger partial charge in [0.1, 0.15) is 6.54 Å². The Kier molecular flexibility index (Phi) is 6.23. The Morgan fingerprint density at radius 3 is 2.31 bits per heavy atom. The van der Waals surface area contributed by atoms with Crippen LogP contribution in [0.2, 0.25) is 0 Å². The third kappa shape index (κ3) is 6.26. The lowest BCUT2D eigenvalue weighted by molar-refractivity contribution is -0.121. The number of alkyl halides is 3. The molecule has 0 rings (SSSR count). The van der Waals surface area contributed by atoms with Crippen LogP contribution in [0, 0.1) is 0 Å². The fraction of sp³-hybridized carbons (Fsp3) is 1.00. The van der Waals surface area contributed by atoms with E-state index in [1.165, 1.54) is 4.72 Å². The van der Waals surface area contributed by atoms with Crippen molar-refractivity contribution in [2.45, 2.75) is 19.5 Å². The van der Waals surface area contributed by atoms with Gasteiger partial charge in [-0.15, -0.1) is 0 Å². The Morgan fingerprint density at radius 2 is 1.94 bits per heavy atom. The van der Waals surface area contributed by atoms with Gasteiger partial charge >= 0.3 is 6.18 Å². The first-order valence-corrected chi connectivity index (χ1v) is 6.18. The molecule has 0 aliphatic rings. The lowest BCUT2D eigenvalue weighted by Crippen LogP contribution is -2.44. The summed E-state index contributed by atoms with van der Waals surface area (Å²) in [6.45, 7) is 0.483. The van der Waals surface area contributed by atoms with Crippen LogP contribution in [0.5, 0.6) is 0 Å². The van der Waals surface area contributed by atoms with E-state index in [2.05, 4.69) is 0 Å². The first kappa shape index (κ1) is 15.6. The van der Waals surface area contributed by atoms with Gasteiger partial charge in [0, 0.05) is 13.1 Å². The molecule has 0 saturated heterocycles. The van der Waals surface area contributed by atoms with Crippen molar-refractivity contribution in [2.24, 2.45) is 5.73 Å². The van der Waals surface area contributed by atoms with Crippen LogP contribution >= 0.6 is 0 Å². The van der Waals surface area contributed by atoms with Gasteiger partial charge in [0.25, 0.3) is 10.2 Å². The maximum Gasteiger partial charge on any atom is 0.402 e. The molecule has 0 radical (unpaired) electrons. The highest BCUT2D eigenvalue weighted by Crippen LogP contribution is 2.13. The van der Waals surface area contributed by atoms with E-state index in [4.69, 9.17) is 5.73 Å². The van der Waals surface area contributed by atoms with Crippen LogP contribution in [-0.4, -0.2) is 45.1 Å². The van der Waals surface area contributed by atoms with E-state index in [9.17, 15) is 21.6 Å². The molecular formula is C7H16F3N3O2S. The highest BCUT2D eigenvalue weighted by molar-refractivity contribution is 7.87. The Hall–Kier alpha value is -0.380. The van der Waals surface area contributed by atoms with Gasteiger partial charge < -0.3 is 5.73 Å². The zero-order valence-corrected chi connectivity index (χ0v) is 9.74. The summed E-state index contributed by atoms with van der Waals surface area (Å²) in [6, 6.07) is 0. The normalized spacial score (nSPS) is 13.4. The maximum absolute atomic E-state index is 11.8. The van der Waals surface area contributed by atoms with Crippen molar-refractivity contribution in [3.05, 3.63) is 0 Å². The number of rotatable bonds is 7. The van der Waals surface area contributed by atoms with E-state index in [1.54, 1.807) is 6.92 Å². The van der Waals surface area contributed by atoms with Crippen LogP contribution in [0.25, 0.3) is 0 Å². The third-order valence-corrected chi connectivity index (χ3v) is 3.39. The third-order valence-electron chi connectivity index (χ3n) is 1.76. The topological polar surface area (TPSA) is 75.4 Å². The van der Waals surface area contributed by atoms with Crippen LogP contribution in [0.3, 0.4) is 0 Å². The van der Waals surface area contributed by atoms with Gasteiger partial charge in [-0.2, -0.15) is 30.6 Å². The number of nitrogens with zero attached hydrogens (tertiary/aromatic N) is 1. The number of nitrogens with one attached hydrogen (secondary N) is 1. The number of halogens is 3. The molecule has 3 N–H and O–H groups in total. The Labute approximate surface area is 93.0 Å². The average molecular weight is 263 g/mol. The van der Waals surface area contributed by atoms with Gasteiger partial charge in [0.2, 0.25) is 0 Å². The summed E-state index contributed by atoms with van der Waals surface area (Å²) in [6.07, 6.45) is -4.15. The van der Waals surface area contributed by atoms with Crippen molar-refractivity contribution in [1.82, 2.24) is 9.03 Å². The summed E-state index contributed by atoms with van der Waals surface area (Å²) in [5, 5.41) is 0. The van der Waals surface area contributed by atoms with E-state index in [-0.39, 0.29) is 19.6 Å². The first-order chi connectivity index (χ1) is 7.23. The molecule has 16 heavy (non-hydrogen) atoms. The van der Waals surface area contributed by atoms with Crippen LogP contribution in [0.15, 0.2) is 0 Å². The van der Waals surface area contributed by atoms with Crippen molar-refractivity contribution in [3.8, 4) is 0 Å². The molecule has 0 aliphatic heterocycles. The summed E-state index contributed by atoms with van der Waals surface area (Å²) >= 11 is 0. The largest absolute Gasteiger partial charge is 0.402 e. The quantitative estimate of drug-likeness (QED) is 0.681. The van der Waals surface area contributed by atoms with Crippen LogP contribution < -0.4 is 10.5 Å². The molecule has 9 heteroatoms. The zero-order valence-electron chi connectivity index (χ0n) is 8.92. The minimum absolute atomic E-state index is 0.104. The second-order valence-corrected chi connectivity index (χ2v) is 4.83. The lowest BCUT2D eigenvalue weighted by atomic mass is 10.4. The van der Waals surface area contributed by atoms with E-state index in [0.29, 0.717) is 6.42 Å². The number of hydrogen-bond acceptors (Lipinski definition) is 3. The van der Waals surface area contributed by atoms with E-state index in [1.807, 2.05) is 0 Å². The second kappa shape index (κ2) is 6.38. The molecular weight excluding hydrogens is 247 g/mol. The van der Waals surface area contributed by atoms with E-state index >= 15 is 0 Å². The smallest absolute Gasteiger partial charge is 0.330 e.